The molecule has 0 amide bonds. The quantitative estimate of drug-likeness (QED) is 0.929. The first-order valence-corrected chi connectivity index (χ1v) is 6.91. The molecule has 0 radical (unpaired) electrons. The Morgan fingerprint density at radius 3 is 2.35 bits per heavy atom. The van der Waals surface area contributed by atoms with E-state index in [4.69, 9.17) is 0 Å². The SMILES string of the molecule is CN(C)c1ccc(-n2cncc2CNC(C)(C)C)cc1. The van der Waals surface area contributed by atoms with Crippen molar-refractivity contribution in [3.8, 4) is 5.69 Å². The van der Waals surface area contributed by atoms with Crippen LogP contribution in [0.4, 0.5) is 5.69 Å². The number of nitrogens with one attached hydrogen (secondary N) is 1. The third-order valence-electron chi connectivity index (χ3n) is 3.16. The van der Waals surface area contributed by atoms with E-state index in [9.17, 15) is 0 Å². The number of hydrogen-bond donors (Lipinski definition) is 1. The number of benzene rings is 1. The minimum absolute atomic E-state index is 0.101. The van der Waals surface area contributed by atoms with Gasteiger partial charge >= 0.3 is 0 Å². The summed E-state index contributed by atoms with van der Waals surface area (Å²) in [4.78, 5) is 6.37. The minimum Gasteiger partial charge on any atom is -0.378 e. The molecule has 4 heteroatoms. The van der Waals surface area contributed by atoms with Gasteiger partial charge in [0.25, 0.3) is 0 Å². The summed E-state index contributed by atoms with van der Waals surface area (Å²) in [6, 6.07) is 8.49. The van der Waals surface area contributed by atoms with Crippen molar-refractivity contribution >= 4 is 5.69 Å². The van der Waals surface area contributed by atoms with E-state index in [1.165, 1.54) is 5.69 Å². The van der Waals surface area contributed by atoms with Crippen molar-refractivity contribution in [2.75, 3.05) is 19.0 Å². The van der Waals surface area contributed by atoms with Crippen LogP contribution in [0.5, 0.6) is 0 Å². The van der Waals surface area contributed by atoms with E-state index in [2.05, 4.69) is 64.8 Å². The Kier molecular flexibility index (Phi) is 4.14. The largest absolute Gasteiger partial charge is 0.378 e. The summed E-state index contributed by atoms with van der Waals surface area (Å²) in [7, 11) is 4.09. The average molecular weight is 272 g/mol. The van der Waals surface area contributed by atoms with Gasteiger partial charge in [0.15, 0.2) is 0 Å². The van der Waals surface area contributed by atoms with Gasteiger partial charge in [-0.25, -0.2) is 4.98 Å². The van der Waals surface area contributed by atoms with Crippen LogP contribution in [-0.4, -0.2) is 29.2 Å². The van der Waals surface area contributed by atoms with E-state index in [0.717, 1.165) is 17.9 Å². The van der Waals surface area contributed by atoms with Crippen LogP contribution in [0, 0.1) is 0 Å². The first-order chi connectivity index (χ1) is 9.37. The highest BCUT2D eigenvalue weighted by atomic mass is 15.1. The summed E-state index contributed by atoms with van der Waals surface area (Å²) in [6.45, 7) is 7.30. The van der Waals surface area contributed by atoms with E-state index < -0.39 is 0 Å². The second-order valence-corrected chi connectivity index (χ2v) is 6.27. The van der Waals surface area contributed by atoms with E-state index in [1.54, 1.807) is 0 Å². The van der Waals surface area contributed by atoms with Crippen molar-refractivity contribution < 1.29 is 0 Å². The summed E-state index contributed by atoms with van der Waals surface area (Å²) in [5.74, 6) is 0. The second kappa shape index (κ2) is 5.67. The molecule has 0 saturated carbocycles. The lowest BCUT2D eigenvalue weighted by Gasteiger charge is -2.21. The molecule has 2 rings (SSSR count). The molecule has 0 aliphatic heterocycles. The van der Waals surface area contributed by atoms with Gasteiger partial charge in [0.05, 0.1) is 12.0 Å². The standard InChI is InChI=1S/C16H24N4/c1-16(2,3)18-11-15-10-17-12-20(15)14-8-6-13(7-9-14)19(4)5/h6-10,12,18H,11H2,1-5H3. The molecular weight excluding hydrogens is 248 g/mol. The first kappa shape index (κ1) is 14.6. The monoisotopic (exact) mass is 272 g/mol. The van der Waals surface area contributed by atoms with Crippen LogP contribution < -0.4 is 10.2 Å². The molecule has 20 heavy (non-hydrogen) atoms. The second-order valence-electron chi connectivity index (χ2n) is 6.27. The molecule has 108 valence electrons. The van der Waals surface area contributed by atoms with Crippen molar-refractivity contribution in [3.05, 3.63) is 42.5 Å². The Labute approximate surface area is 121 Å². The molecule has 0 aliphatic carbocycles. The molecule has 0 saturated heterocycles. The zero-order valence-electron chi connectivity index (χ0n) is 13.0. The maximum Gasteiger partial charge on any atom is 0.0994 e. The van der Waals surface area contributed by atoms with Crippen LogP contribution in [0.1, 0.15) is 26.5 Å². The number of hydrogen-bond acceptors (Lipinski definition) is 3. The summed E-state index contributed by atoms with van der Waals surface area (Å²) in [5, 5.41) is 3.49. The van der Waals surface area contributed by atoms with Crippen LogP contribution >= 0.6 is 0 Å². The first-order valence-electron chi connectivity index (χ1n) is 6.91. The maximum atomic E-state index is 4.27. The zero-order valence-corrected chi connectivity index (χ0v) is 13.0. The van der Waals surface area contributed by atoms with Crippen molar-refractivity contribution in [2.45, 2.75) is 32.9 Å². The Hall–Kier alpha value is -1.81. The van der Waals surface area contributed by atoms with Gasteiger partial charge in [0.1, 0.15) is 0 Å². The maximum absolute atomic E-state index is 4.27. The van der Waals surface area contributed by atoms with E-state index in [-0.39, 0.29) is 5.54 Å². The smallest absolute Gasteiger partial charge is 0.0994 e. The van der Waals surface area contributed by atoms with Crippen molar-refractivity contribution in [3.63, 3.8) is 0 Å². The lowest BCUT2D eigenvalue weighted by Crippen LogP contribution is -2.35. The molecule has 1 N–H and O–H groups in total. The number of aromatic nitrogens is 2. The predicted octanol–water partition coefficient (Wildman–Crippen LogP) is 2.83. The molecule has 0 spiro atoms. The Bertz CT molecular complexity index is 547. The Morgan fingerprint density at radius 1 is 1.15 bits per heavy atom. The third kappa shape index (κ3) is 3.61. The van der Waals surface area contributed by atoms with Crippen molar-refractivity contribution in [2.24, 2.45) is 0 Å². The van der Waals surface area contributed by atoms with Gasteiger partial charge in [0.2, 0.25) is 0 Å². The van der Waals surface area contributed by atoms with E-state index in [0.29, 0.717) is 0 Å². The van der Waals surface area contributed by atoms with Crippen LogP contribution in [0.15, 0.2) is 36.8 Å². The topological polar surface area (TPSA) is 33.1 Å². The zero-order chi connectivity index (χ0) is 14.8. The molecule has 1 aromatic carbocycles. The van der Waals surface area contributed by atoms with Gasteiger partial charge in [0, 0.05) is 43.8 Å². The highest BCUT2D eigenvalue weighted by Crippen LogP contribution is 2.17. The molecule has 0 atom stereocenters. The van der Waals surface area contributed by atoms with Gasteiger partial charge in [-0.15, -0.1) is 0 Å². The normalized spacial score (nSPS) is 11.7. The van der Waals surface area contributed by atoms with Crippen LogP contribution in [0.2, 0.25) is 0 Å². The average Bonchev–Trinajstić information content (AvgIpc) is 2.84. The molecule has 1 aromatic heterocycles. The fourth-order valence-corrected chi connectivity index (χ4v) is 1.95. The Balaban J connectivity index is 2.19. The predicted molar refractivity (Wildman–Crippen MR) is 84.5 cm³/mol. The fraction of sp³-hybridized carbons (Fsp3) is 0.438. The van der Waals surface area contributed by atoms with Gasteiger partial charge < -0.3 is 14.8 Å². The van der Waals surface area contributed by atoms with E-state index >= 15 is 0 Å². The molecule has 0 unspecified atom stereocenters. The third-order valence-corrected chi connectivity index (χ3v) is 3.16. The molecular formula is C16H24N4. The van der Waals surface area contributed by atoms with Crippen LogP contribution in [0.3, 0.4) is 0 Å². The van der Waals surface area contributed by atoms with Crippen LogP contribution in [-0.2, 0) is 6.54 Å². The fourth-order valence-electron chi connectivity index (χ4n) is 1.95. The summed E-state index contributed by atoms with van der Waals surface area (Å²) in [5.41, 5.74) is 3.60. The summed E-state index contributed by atoms with van der Waals surface area (Å²) >= 11 is 0. The number of imidazole rings is 1. The molecule has 0 bridgehead atoms. The number of rotatable bonds is 4. The van der Waals surface area contributed by atoms with Gasteiger partial charge in [-0.05, 0) is 45.0 Å². The summed E-state index contributed by atoms with van der Waals surface area (Å²) in [6.07, 6.45) is 3.78. The van der Waals surface area contributed by atoms with Crippen molar-refractivity contribution in [1.82, 2.24) is 14.9 Å². The lowest BCUT2D eigenvalue weighted by molar-refractivity contribution is 0.419. The van der Waals surface area contributed by atoms with Crippen LogP contribution in [0.25, 0.3) is 5.69 Å². The van der Waals surface area contributed by atoms with Gasteiger partial charge in [-0.3, -0.25) is 0 Å². The molecule has 0 aliphatic rings. The van der Waals surface area contributed by atoms with Gasteiger partial charge in [-0.2, -0.15) is 0 Å². The minimum atomic E-state index is 0.101. The lowest BCUT2D eigenvalue weighted by atomic mass is 10.1. The molecule has 4 nitrogen and oxygen atoms in total. The molecule has 1 heterocycles. The summed E-state index contributed by atoms with van der Waals surface area (Å²) < 4.78 is 2.12. The molecule has 0 fully saturated rings. The number of anilines is 1. The highest BCUT2D eigenvalue weighted by molar-refractivity contribution is 5.50. The van der Waals surface area contributed by atoms with Gasteiger partial charge in [-0.1, -0.05) is 0 Å². The number of nitrogens with zero attached hydrogens (tertiary/aromatic N) is 3. The van der Waals surface area contributed by atoms with Crippen molar-refractivity contribution in [1.29, 1.82) is 0 Å². The van der Waals surface area contributed by atoms with E-state index in [1.807, 2.05) is 26.6 Å². The molecule has 2 aromatic rings. The highest BCUT2D eigenvalue weighted by Gasteiger charge is 2.11. The Morgan fingerprint density at radius 2 is 1.80 bits per heavy atom.